The molecule has 0 spiro atoms. The first kappa shape index (κ1) is 13.1. The summed E-state index contributed by atoms with van der Waals surface area (Å²) in [5.74, 6) is -1.74. The third-order valence-corrected chi connectivity index (χ3v) is 4.69. The topological polar surface area (TPSA) is 60.2 Å². The fourth-order valence-corrected chi connectivity index (χ4v) is 3.06. The summed E-state index contributed by atoms with van der Waals surface area (Å²) in [6, 6.07) is 2.35. The smallest absolute Gasteiger partial charge is 0.185 e. The Morgan fingerprint density at radius 3 is 2.50 bits per heavy atom. The summed E-state index contributed by atoms with van der Waals surface area (Å²) >= 11 is 0. The van der Waals surface area contributed by atoms with Gasteiger partial charge in [0.1, 0.15) is 16.5 Å². The molecule has 0 aliphatic carbocycles. The van der Waals surface area contributed by atoms with E-state index >= 15 is 0 Å². The van der Waals surface area contributed by atoms with Crippen molar-refractivity contribution >= 4 is 9.84 Å². The van der Waals surface area contributed by atoms with E-state index in [1.165, 1.54) is 0 Å². The van der Waals surface area contributed by atoms with Crippen LogP contribution in [0.1, 0.15) is 13.3 Å². The monoisotopic (exact) mass is 249 g/mol. The second-order valence-electron chi connectivity index (χ2n) is 3.39. The number of sulfone groups is 1. The van der Waals surface area contributed by atoms with Crippen LogP contribution >= 0.6 is 0 Å². The zero-order valence-corrected chi connectivity index (χ0v) is 9.60. The molecule has 1 unspecified atom stereocenters. The fraction of sp³-hybridized carbons (Fsp3) is 0.400. The van der Waals surface area contributed by atoms with Crippen LogP contribution < -0.4 is 5.73 Å². The van der Waals surface area contributed by atoms with Gasteiger partial charge in [0.25, 0.3) is 0 Å². The molecule has 0 aliphatic rings. The molecular weight excluding hydrogens is 236 g/mol. The van der Waals surface area contributed by atoms with Gasteiger partial charge >= 0.3 is 0 Å². The second kappa shape index (κ2) is 4.88. The van der Waals surface area contributed by atoms with Crippen molar-refractivity contribution in [2.75, 3.05) is 6.54 Å². The molecule has 1 aromatic carbocycles. The largest absolute Gasteiger partial charge is 0.329 e. The molecule has 1 atom stereocenters. The second-order valence-corrected chi connectivity index (χ2v) is 5.58. The van der Waals surface area contributed by atoms with E-state index in [1.807, 2.05) is 0 Å². The summed E-state index contributed by atoms with van der Waals surface area (Å²) in [5.41, 5.74) is 5.30. The van der Waals surface area contributed by atoms with Crippen molar-refractivity contribution in [3.8, 4) is 0 Å². The van der Waals surface area contributed by atoms with Crippen molar-refractivity contribution in [2.24, 2.45) is 5.73 Å². The number of benzene rings is 1. The third-order valence-electron chi connectivity index (χ3n) is 2.36. The minimum atomic E-state index is -3.89. The van der Waals surface area contributed by atoms with Crippen LogP contribution in [0.2, 0.25) is 0 Å². The van der Waals surface area contributed by atoms with Gasteiger partial charge in [-0.1, -0.05) is 6.92 Å². The van der Waals surface area contributed by atoms with Crippen LogP contribution in [0.3, 0.4) is 0 Å². The molecule has 0 heterocycles. The molecule has 0 saturated carbocycles. The van der Waals surface area contributed by atoms with Gasteiger partial charge in [-0.3, -0.25) is 0 Å². The molecule has 6 heteroatoms. The Labute approximate surface area is 93.2 Å². The predicted octanol–water partition coefficient (Wildman–Crippen LogP) is 1.48. The molecule has 16 heavy (non-hydrogen) atoms. The number of hydrogen-bond donors (Lipinski definition) is 1. The lowest BCUT2D eigenvalue weighted by molar-refractivity contribution is 0.543. The third kappa shape index (κ3) is 2.38. The summed E-state index contributed by atoms with van der Waals surface area (Å²) in [4.78, 5) is -0.621. The van der Waals surface area contributed by atoms with E-state index in [0.717, 1.165) is 12.1 Å². The van der Waals surface area contributed by atoms with E-state index in [0.29, 0.717) is 6.07 Å². The first-order valence-electron chi connectivity index (χ1n) is 4.82. The van der Waals surface area contributed by atoms with Gasteiger partial charge in [-0.25, -0.2) is 17.2 Å². The zero-order valence-electron chi connectivity index (χ0n) is 8.78. The van der Waals surface area contributed by atoms with Crippen LogP contribution in [0.4, 0.5) is 8.78 Å². The van der Waals surface area contributed by atoms with Gasteiger partial charge in [0, 0.05) is 6.54 Å². The molecule has 0 aliphatic heterocycles. The Hall–Kier alpha value is -1.01. The van der Waals surface area contributed by atoms with Crippen LogP contribution in [-0.4, -0.2) is 20.2 Å². The zero-order chi connectivity index (χ0) is 12.3. The number of halogens is 2. The average molecular weight is 249 g/mol. The molecule has 2 N–H and O–H groups in total. The molecule has 90 valence electrons. The Balaban J connectivity index is 3.31. The molecule has 0 aromatic heterocycles. The highest BCUT2D eigenvalue weighted by Gasteiger charge is 2.27. The van der Waals surface area contributed by atoms with Crippen LogP contribution in [0, 0.1) is 11.6 Å². The number of rotatable bonds is 4. The van der Waals surface area contributed by atoms with Gasteiger partial charge in [0.15, 0.2) is 9.84 Å². The molecule has 1 aromatic rings. The normalized spacial score (nSPS) is 13.8. The average Bonchev–Trinajstić information content (AvgIpc) is 2.23. The van der Waals surface area contributed by atoms with E-state index in [1.54, 1.807) is 6.92 Å². The molecule has 0 fully saturated rings. The van der Waals surface area contributed by atoms with Crippen molar-refractivity contribution in [2.45, 2.75) is 23.5 Å². The van der Waals surface area contributed by atoms with Crippen molar-refractivity contribution < 1.29 is 17.2 Å². The van der Waals surface area contributed by atoms with Crippen LogP contribution in [0.25, 0.3) is 0 Å². The van der Waals surface area contributed by atoms with Crippen molar-refractivity contribution in [3.63, 3.8) is 0 Å². The predicted molar refractivity (Wildman–Crippen MR) is 56.7 cm³/mol. The molecule has 3 nitrogen and oxygen atoms in total. The van der Waals surface area contributed by atoms with Crippen LogP contribution in [0.5, 0.6) is 0 Å². The van der Waals surface area contributed by atoms with Gasteiger partial charge < -0.3 is 5.73 Å². The van der Waals surface area contributed by atoms with Gasteiger partial charge in [-0.15, -0.1) is 0 Å². The highest BCUT2D eigenvalue weighted by molar-refractivity contribution is 7.92. The molecule has 0 radical (unpaired) electrons. The lowest BCUT2D eigenvalue weighted by Crippen LogP contribution is -2.29. The van der Waals surface area contributed by atoms with Crippen LogP contribution in [-0.2, 0) is 9.84 Å². The SMILES string of the molecule is CCC(CN)S(=O)(=O)c1cc(F)ccc1F. The minimum absolute atomic E-state index is 0.116. The Kier molecular flexibility index (Phi) is 3.98. The Morgan fingerprint density at radius 1 is 1.38 bits per heavy atom. The Morgan fingerprint density at radius 2 is 2.00 bits per heavy atom. The summed E-state index contributed by atoms with van der Waals surface area (Å²) in [7, 11) is -3.89. The maximum atomic E-state index is 13.3. The minimum Gasteiger partial charge on any atom is -0.329 e. The molecule has 1 rings (SSSR count). The standard InChI is InChI=1S/C10H13F2NO2S/c1-2-8(6-13)16(14,15)10-5-7(11)3-4-9(10)12/h3-5,8H,2,6,13H2,1H3. The van der Waals surface area contributed by atoms with E-state index in [4.69, 9.17) is 5.73 Å². The Bertz CT molecular complexity index is 470. The summed E-state index contributed by atoms with van der Waals surface area (Å²) in [5, 5.41) is -0.885. The first-order chi connectivity index (χ1) is 7.43. The van der Waals surface area contributed by atoms with Crippen molar-refractivity contribution in [3.05, 3.63) is 29.8 Å². The van der Waals surface area contributed by atoms with Crippen molar-refractivity contribution in [1.29, 1.82) is 0 Å². The van der Waals surface area contributed by atoms with Gasteiger partial charge in [0.05, 0.1) is 5.25 Å². The van der Waals surface area contributed by atoms with Gasteiger partial charge in [-0.2, -0.15) is 0 Å². The maximum Gasteiger partial charge on any atom is 0.185 e. The fourth-order valence-electron chi connectivity index (χ4n) is 1.39. The summed E-state index contributed by atoms with van der Waals surface area (Å²) in [6.07, 6.45) is 0.259. The molecule has 0 amide bonds. The molecular formula is C10H13F2NO2S. The molecule has 0 bridgehead atoms. The highest BCUT2D eigenvalue weighted by atomic mass is 32.2. The summed E-state index contributed by atoms with van der Waals surface area (Å²) in [6.45, 7) is 1.51. The van der Waals surface area contributed by atoms with Crippen LogP contribution in [0.15, 0.2) is 23.1 Å². The lowest BCUT2D eigenvalue weighted by Gasteiger charge is -2.14. The van der Waals surface area contributed by atoms with E-state index in [2.05, 4.69) is 0 Å². The van der Waals surface area contributed by atoms with Gasteiger partial charge in [0.2, 0.25) is 0 Å². The number of nitrogens with two attached hydrogens (primary N) is 1. The quantitative estimate of drug-likeness (QED) is 0.879. The number of hydrogen-bond acceptors (Lipinski definition) is 3. The van der Waals surface area contributed by atoms with Gasteiger partial charge in [-0.05, 0) is 24.6 Å². The van der Waals surface area contributed by atoms with E-state index in [9.17, 15) is 17.2 Å². The molecule has 0 saturated heterocycles. The first-order valence-corrected chi connectivity index (χ1v) is 6.37. The summed E-state index contributed by atoms with van der Waals surface area (Å²) < 4.78 is 50.0. The highest BCUT2D eigenvalue weighted by Crippen LogP contribution is 2.21. The van der Waals surface area contributed by atoms with E-state index in [-0.39, 0.29) is 13.0 Å². The van der Waals surface area contributed by atoms with E-state index < -0.39 is 31.6 Å². The lowest BCUT2D eigenvalue weighted by atomic mass is 10.3. The van der Waals surface area contributed by atoms with Crippen molar-refractivity contribution in [1.82, 2.24) is 0 Å². The maximum absolute atomic E-state index is 13.3.